The third kappa shape index (κ3) is 3.38. The van der Waals surface area contributed by atoms with Gasteiger partial charge in [-0.2, -0.15) is 0 Å². The maximum absolute atomic E-state index is 12.2. The Bertz CT molecular complexity index is 556. The van der Waals surface area contributed by atoms with Gasteiger partial charge in [-0.3, -0.25) is 14.9 Å². The van der Waals surface area contributed by atoms with Gasteiger partial charge in [-0.1, -0.05) is 19.1 Å². The molecule has 7 nitrogen and oxygen atoms in total. The van der Waals surface area contributed by atoms with Gasteiger partial charge in [0, 0.05) is 12.2 Å². The van der Waals surface area contributed by atoms with E-state index >= 15 is 0 Å². The first kappa shape index (κ1) is 15.0. The van der Waals surface area contributed by atoms with E-state index in [1.807, 2.05) is 0 Å². The van der Waals surface area contributed by atoms with Gasteiger partial charge in [0.25, 0.3) is 0 Å². The summed E-state index contributed by atoms with van der Waals surface area (Å²) in [7, 11) is 0. The second kappa shape index (κ2) is 6.36. The Balaban J connectivity index is 2.09. The van der Waals surface area contributed by atoms with Gasteiger partial charge >= 0.3 is 6.03 Å². The highest BCUT2D eigenvalue weighted by Gasteiger charge is 2.35. The first-order chi connectivity index (χ1) is 10.0. The molecule has 0 radical (unpaired) electrons. The minimum Gasteiger partial charge on any atom is -0.326 e. The summed E-state index contributed by atoms with van der Waals surface area (Å²) in [5.74, 6) is -0.916. The number of carbonyl (C=O) groups is 3. The number of imide groups is 1. The summed E-state index contributed by atoms with van der Waals surface area (Å²) in [6, 6.07) is 5.97. The fourth-order valence-corrected chi connectivity index (χ4v) is 2.21. The van der Waals surface area contributed by atoms with Crippen LogP contribution < -0.4 is 16.4 Å². The lowest BCUT2D eigenvalue weighted by molar-refractivity contribution is -0.138. The predicted octanol–water partition coefficient (Wildman–Crippen LogP) is 0.414. The highest BCUT2D eigenvalue weighted by Crippen LogP contribution is 2.14. The van der Waals surface area contributed by atoms with Crippen LogP contribution in [-0.4, -0.2) is 35.3 Å². The zero-order chi connectivity index (χ0) is 15.4. The lowest BCUT2D eigenvalue weighted by Crippen LogP contribution is -2.60. The topological polar surface area (TPSA) is 105 Å². The molecule has 1 aliphatic rings. The quantitative estimate of drug-likeness (QED) is 0.701. The van der Waals surface area contributed by atoms with E-state index < -0.39 is 23.9 Å². The molecule has 1 aromatic rings. The molecule has 1 fully saturated rings. The first-order valence-electron chi connectivity index (χ1n) is 6.75. The number of nitrogens with one attached hydrogen (secondary N) is 2. The van der Waals surface area contributed by atoms with Crippen molar-refractivity contribution in [2.75, 3.05) is 11.9 Å². The second-order valence-electron chi connectivity index (χ2n) is 4.80. The number of hydrogen-bond acceptors (Lipinski definition) is 4. The molecule has 1 aromatic carbocycles. The lowest BCUT2D eigenvalue weighted by atomic mass is 10.1. The van der Waals surface area contributed by atoms with Crippen molar-refractivity contribution >= 4 is 23.5 Å². The Morgan fingerprint density at radius 1 is 1.38 bits per heavy atom. The molecule has 1 unspecified atom stereocenters. The zero-order valence-corrected chi connectivity index (χ0v) is 11.8. The zero-order valence-electron chi connectivity index (χ0n) is 11.8. The van der Waals surface area contributed by atoms with E-state index in [1.54, 1.807) is 31.2 Å². The van der Waals surface area contributed by atoms with Gasteiger partial charge in [0.15, 0.2) is 0 Å². The summed E-state index contributed by atoms with van der Waals surface area (Å²) in [4.78, 5) is 36.6. The van der Waals surface area contributed by atoms with E-state index in [4.69, 9.17) is 5.73 Å². The molecule has 0 bridgehead atoms. The molecule has 1 saturated heterocycles. The molecule has 0 aliphatic carbocycles. The van der Waals surface area contributed by atoms with E-state index in [-0.39, 0.29) is 6.54 Å². The van der Waals surface area contributed by atoms with Gasteiger partial charge in [0.2, 0.25) is 11.8 Å². The Kier molecular flexibility index (Phi) is 4.54. The largest absolute Gasteiger partial charge is 0.326 e. The van der Waals surface area contributed by atoms with E-state index in [0.717, 1.165) is 5.56 Å². The molecule has 112 valence electrons. The molecule has 7 heteroatoms. The third-order valence-electron chi connectivity index (χ3n) is 3.34. The summed E-state index contributed by atoms with van der Waals surface area (Å²) in [6.07, 6.45) is 0.443. The Morgan fingerprint density at radius 3 is 2.62 bits per heavy atom. The number of hydrogen-bond donors (Lipinski definition) is 3. The number of rotatable bonds is 3. The number of urea groups is 1. The lowest BCUT2D eigenvalue weighted by Gasteiger charge is -2.33. The minimum atomic E-state index is -0.633. The Morgan fingerprint density at radius 2 is 2.05 bits per heavy atom. The molecule has 1 aliphatic heterocycles. The average Bonchev–Trinajstić information content (AvgIpc) is 2.47. The van der Waals surface area contributed by atoms with Crippen molar-refractivity contribution in [3.8, 4) is 0 Å². The minimum absolute atomic E-state index is 0.128. The number of anilines is 1. The summed E-state index contributed by atoms with van der Waals surface area (Å²) < 4.78 is 0. The van der Waals surface area contributed by atoms with Crippen LogP contribution in [0, 0.1) is 0 Å². The number of benzene rings is 1. The number of nitrogens with two attached hydrogens (primary N) is 1. The highest BCUT2D eigenvalue weighted by atomic mass is 16.2. The summed E-state index contributed by atoms with van der Waals surface area (Å²) in [5, 5.41) is 4.91. The van der Waals surface area contributed by atoms with Crippen molar-refractivity contribution in [2.45, 2.75) is 25.9 Å². The maximum atomic E-state index is 12.2. The standard InChI is InChI=1S/C14H18N4O3/c1-2-11-13(20)17-12(19)8-18(11)14(21)16-10-5-3-9(7-15)4-6-10/h3-6,11H,2,7-8,15H2,1H3,(H,16,21)(H,17,19,20). The summed E-state index contributed by atoms with van der Waals surface area (Å²) in [6.45, 7) is 2.08. The third-order valence-corrected chi connectivity index (χ3v) is 3.34. The molecule has 2 rings (SSSR count). The van der Waals surface area contributed by atoms with Crippen molar-refractivity contribution in [3.63, 3.8) is 0 Å². The van der Waals surface area contributed by atoms with Gasteiger partial charge in [-0.25, -0.2) is 4.79 Å². The number of carbonyl (C=O) groups excluding carboxylic acids is 3. The van der Waals surface area contributed by atoms with E-state index in [9.17, 15) is 14.4 Å². The maximum Gasteiger partial charge on any atom is 0.323 e. The molecule has 0 spiro atoms. The molecule has 0 saturated carbocycles. The summed E-state index contributed by atoms with van der Waals surface area (Å²) in [5.41, 5.74) is 7.05. The molecule has 1 atom stereocenters. The van der Waals surface area contributed by atoms with Crippen LogP contribution in [0.1, 0.15) is 18.9 Å². The number of nitrogens with zero attached hydrogens (tertiary/aromatic N) is 1. The van der Waals surface area contributed by atoms with Crippen LogP contribution in [0.3, 0.4) is 0 Å². The normalized spacial score (nSPS) is 18.4. The molecular weight excluding hydrogens is 272 g/mol. The SMILES string of the molecule is CCC1C(=O)NC(=O)CN1C(=O)Nc1ccc(CN)cc1. The van der Waals surface area contributed by atoms with Crippen LogP contribution in [0.2, 0.25) is 0 Å². The fourth-order valence-electron chi connectivity index (χ4n) is 2.21. The smallest absolute Gasteiger partial charge is 0.323 e. The average molecular weight is 290 g/mol. The van der Waals surface area contributed by atoms with Crippen molar-refractivity contribution in [1.29, 1.82) is 0 Å². The predicted molar refractivity (Wildman–Crippen MR) is 77.3 cm³/mol. The van der Waals surface area contributed by atoms with Gasteiger partial charge in [-0.05, 0) is 24.1 Å². The van der Waals surface area contributed by atoms with Gasteiger partial charge in [0.05, 0.1) is 0 Å². The molecule has 4 N–H and O–H groups in total. The molecule has 1 heterocycles. The van der Waals surface area contributed by atoms with E-state index in [0.29, 0.717) is 18.7 Å². The van der Waals surface area contributed by atoms with Crippen LogP contribution in [-0.2, 0) is 16.1 Å². The van der Waals surface area contributed by atoms with Crippen LogP contribution in [0.5, 0.6) is 0 Å². The van der Waals surface area contributed by atoms with Crippen molar-refractivity contribution in [1.82, 2.24) is 10.2 Å². The monoisotopic (exact) mass is 290 g/mol. The Labute approximate surface area is 122 Å². The molecule has 0 aromatic heterocycles. The first-order valence-corrected chi connectivity index (χ1v) is 6.75. The van der Waals surface area contributed by atoms with Gasteiger partial charge < -0.3 is 16.0 Å². The Hall–Kier alpha value is -2.41. The van der Waals surface area contributed by atoms with Crippen LogP contribution >= 0.6 is 0 Å². The van der Waals surface area contributed by atoms with Gasteiger partial charge in [0.1, 0.15) is 12.6 Å². The molecule has 4 amide bonds. The molecular formula is C14H18N4O3. The van der Waals surface area contributed by atoms with E-state index in [1.165, 1.54) is 4.90 Å². The summed E-state index contributed by atoms with van der Waals surface area (Å²) >= 11 is 0. The van der Waals surface area contributed by atoms with Crippen LogP contribution in [0.15, 0.2) is 24.3 Å². The fraction of sp³-hybridized carbons (Fsp3) is 0.357. The van der Waals surface area contributed by atoms with Gasteiger partial charge in [-0.15, -0.1) is 0 Å². The van der Waals surface area contributed by atoms with Crippen LogP contribution in [0.4, 0.5) is 10.5 Å². The number of piperazine rings is 1. The van der Waals surface area contributed by atoms with E-state index in [2.05, 4.69) is 10.6 Å². The number of amides is 4. The second-order valence-corrected chi connectivity index (χ2v) is 4.80. The van der Waals surface area contributed by atoms with Crippen molar-refractivity contribution in [3.05, 3.63) is 29.8 Å². The highest BCUT2D eigenvalue weighted by molar-refractivity contribution is 6.05. The van der Waals surface area contributed by atoms with Crippen molar-refractivity contribution < 1.29 is 14.4 Å². The van der Waals surface area contributed by atoms with Crippen molar-refractivity contribution in [2.24, 2.45) is 5.73 Å². The van der Waals surface area contributed by atoms with Crippen LogP contribution in [0.25, 0.3) is 0 Å². The molecule has 21 heavy (non-hydrogen) atoms.